The molecule has 100 valence electrons. The number of nitrogens with two attached hydrogens (primary N) is 1. The summed E-state index contributed by atoms with van der Waals surface area (Å²) < 4.78 is 0. The molecule has 3 heteroatoms. The molecule has 19 heavy (non-hydrogen) atoms. The van der Waals surface area contributed by atoms with Crippen molar-refractivity contribution in [3.63, 3.8) is 0 Å². The maximum Gasteiger partial charge on any atom is 0.0515 e. The van der Waals surface area contributed by atoms with Crippen LogP contribution in [0.4, 0.5) is 0 Å². The van der Waals surface area contributed by atoms with Crippen LogP contribution in [0.5, 0.6) is 0 Å². The van der Waals surface area contributed by atoms with Gasteiger partial charge in [0.15, 0.2) is 0 Å². The van der Waals surface area contributed by atoms with Crippen molar-refractivity contribution in [3.05, 3.63) is 64.5 Å². The normalized spacial score (nSPS) is 12.4. The molecule has 2 aromatic rings. The first-order valence-electron chi connectivity index (χ1n) is 6.54. The number of hydrogen-bond acceptors (Lipinski definition) is 3. The van der Waals surface area contributed by atoms with Gasteiger partial charge in [0.25, 0.3) is 0 Å². The van der Waals surface area contributed by atoms with Gasteiger partial charge in [0, 0.05) is 12.4 Å². The second-order valence-electron chi connectivity index (χ2n) is 5.09. The number of hydrazine groups is 1. The minimum Gasteiger partial charge on any atom is -0.271 e. The third-order valence-corrected chi connectivity index (χ3v) is 3.55. The maximum absolute atomic E-state index is 5.73. The van der Waals surface area contributed by atoms with Crippen LogP contribution >= 0.6 is 0 Å². The van der Waals surface area contributed by atoms with E-state index in [1.165, 1.54) is 16.7 Å². The maximum atomic E-state index is 5.73. The standard InChI is InChI=1S/C16H21N3/c1-11-7-14(10-18-9-11)16(19-17)8-15-12(2)5-4-6-13(15)3/h4-7,9-10,16,19H,8,17H2,1-3H3. The first-order valence-corrected chi connectivity index (χ1v) is 6.54. The Morgan fingerprint density at radius 1 is 1.16 bits per heavy atom. The number of benzene rings is 1. The third-order valence-electron chi connectivity index (χ3n) is 3.55. The fraction of sp³-hybridized carbons (Fsp3) is 0.312. The minimum absolute atomic E-state index is 0.0900. The van der Waals surface area contributed by atoms with E-state index in [1.54, 1.807) is 0 Å². The Bertz CT molecular complexity index is 543. The highest BCUT2D eigenvalue weighted by atomic mass is 15.2. The van der Waals surface area contributed by atoms with Crippen LogP contribution in [0.2, 0.25) is 0 Å². The summed E-state index contributed by atoms with van der Waals surface area (Å²) in [5, 5.41) is 0. The van der Waals surface area contributed by atoms with Crippen molar-refractivity contribution in [1.82, 2.24) is 10.4 Å². The molecule has 3 nitrogen and oxygen atoms in total. The molecule has 0 aliphatic heterocycles. The van der Waals surface area contributed by atoms with Crippen LogP contribution in [0.25, 0.3) is 0 Å². The first kappa shape index (κ1) is 13.7. The lowest BCUT2D eigenvalue weighted by molar-refractivity contribution is 0.547. The van der Waals surface area contributed by atoms with Crippen LogP contribution in [0.1, 0.15) is 33.9 Å². The molecule has 0 aliphatic carbocycles. The molecule has 1 aromatic carbocycles. The highest BCUT2D eigenvalue weighted by Crippen LogP contribution is 2.22. The lowest BCUT2D eigenvalue weighted by atomic mass is 9.93. The molecule has 0 saturated heterocycles. The third kappa shape index (κ3) is 3.19. The van der Waals surface area contributed by atoms with Crippen molar-refractivity contribution >= 4 is 0 Å². The average molecular weight is 255 g/mol. The number of rotatable bonds is 4. The number of nitrogens with one attached hydrogen (secondary N) is 1. The van der Waals surface area contributed by atoms with Crippen molar-refractivity contribution in [2.45, 2.75) is 33.2 Å². The van der Waals surface area contributed by atoms with Gasteiger partial charge in [-0.3, -0.25) is 16.3 Å². The van der Waals surface area contributed by atoms with E-state index in [9.17, 15) is 0 Å². The second kappa shape index (κ2) is 5.95. The summed E-state index contributed by atoms with van der Waals surface area (Å²) in [6, 6.07) is 8.60. The minimum atomic E-state index is 0.0900. The zero-order valence-corrected chi connectivity index (χ0v) is 11.8. The molecule has 0 radical (unpaired) electrons. The van der Waals surface area contributed by atoms with E-state index < -0.39 is 0 Å². The van der Waals surface area contributed by atoms with Crippen LogP contribution in [0, 0.1) is 20.8 Å². The summed E-state index contributed by atoms with van der Waals surface area (Å²) in [5.41, 5.74) is 9.16. The summed E-state index contributed by atoms with van der Waals surface area (Å²) >= 11 is 0. The highest BCUT2D eigenvalue weighted by Gasteiger charge is 2.13. The summed E-state index contributed by atoms with van der Waals surface area (Å²) in [6.07, 6.45) is 4.61. The Morgan fingerprint density at radius 2 is 1.84 bits per heavy atom. The summed E-state index contributed by atoms with van der Waals surface area (Å²) in [5.74, 6) is 5.73. The second-order valence-corrected chi connectivity index (χ2v) is 5.09. The van der Waals surface area contributed by atoms with Gasteiger partial charge >= 0.3 is 0 Å². The fourth-order valence-electron chi connectivity index (χ4n) is 2.42. The molecule has 1 heterocycles. The molecular formula is C16H21N3. The zero-order valence-electron chi connectivity index (χ0n) is 11.8. The van der Waals surface area contributed by atoms with Gasteiger partial charge in [0.2, 0.25) is 0 Å². The van der Waals surface area contributed by atoms with Crippen molar-refractivity contribution in [3.8, 4) is 0 Å². The molecule has 1 aromatic heterocycles. The number of aromatic nitrogens is 1. The van der Waals surface area contributed by atoms with E-state index in [0.29, 0.717) is 0 Å². The summed E-state index contributed by atoms with van der Waals surface area (Å²) in [6.45, 7) is 6.33. The number of hydrogen-bond donors (Lipinski definition) is 2. The van der Waals surface area contributed by atoms with E-state index in [-0.39, 0.29) is 6.04 Å². The van der Waals surface area contributed by atoms with Gasteiger partial charge in [-0.1, -0.05) is 24.3 Å². The molecule has 0 saturated carbocycles. The number of aryl methyl sites for hydroxylation is 3. The van der Waals surface area contributed by atoms with Gasteiger partial charge in [0.05, 0.1) is 6.04 Å². The molecule has 0 amide bonds. The Labute approximate surface area is 114 Å². The number of nitrogens with zero attached hydrogens (tertiary/aromatic N) is 1. The van der Waals surface area contributed by atoms with Crippen molar-refractivity contribution in [2.24, 2.45) is 5.84 Å². The zero-order chi connectivity index (χ0) is 13.8. The van der Waals surface area contributed by atoms with Crippen molar-refractivity contribution < 1.29 is 0 Å². The fourth-order valence-corrected chi connectivity index (χ4v) is 2.42. The first-order chi connectivity index (χ1) is 9.11. The van der Waals surface area contributed by atoms with Crippen LogP contribution in [-0.2, 0) is 6.42 Å². The predicted octanol–water partition coefficient (Wildman–Crippen LogP) is 2.75. The number of pyridine rings is 1. The quantitative estimate of drug-likeness (QED) is 0.652. The van der Waals surface area contributed by atoms with E-state index in [4.69, 9.17) is 5.84 Å². The van der Waals surface area contributed by atoms with E-state index in [2.05, 4.69) is 48.5 Å². The van der Waals surface area contributed by atoms with Gasteiger partial charge in [-0.2, -0.15) is 0 Å². The molecule has 1 unspecified atom stereocenters. The molecule has 0 spiro atoms. The summed E-state index contributed by atoms with van der Waals surface area (Å²) in [7, 11) is 0. The Balaban J connectivity index is 2.29. The molecule has 0 bridgehead atoms. The van der Waals surface area contributed by atoms with Crippen LogP contribution in [0.15, 0.2) is 36.7 Å². The lowest BCUT2D eigenvalue weighted by Gasteiger charge is -2.19. The Hall–Kier alpha value is -1.71. The van der Waals surface area contributed by atoms with Crippen molar-refractivity contribution in [2.75, 3.05) is 0 Å². The highest BCUT2D eigenvalue weighted by molar-refractivity contribution is 5.35. The molecule has 0 fully saturated rings. The monoisotopic (exact) mass is 255 g/mol. The van der Waals surface area contributed by atoms with Gasteiger partial charge in [-0.05, 0) is 55.0 Å². The Kier molecular flexibility index (Phi) is 4.30. The molecule has 2 rings (SSSR count). The van der Waals surface area contributed by atoms with Crippen LogP contribution in [0.3, 0.4) is 0 Å². The van der Waals surface area contributed by atoms with Gasteiger partial charge in [-0.25, -0.2) is 0 Å². The SMILES string of the molecule is Cc1cncc(C(Cc2c(C)cccc2C)NN)c1. The smallest absolute Gasteiger partial charge is 0.0515 e. The molecule has 1 atom stereocenters. The van der Waals surface area contributed by atoms with Crippen LogP contribution < -0.4 is 11.3 Å². The summed E-state index contributed by atoms with van der Waals surface area (Å²) in [4.78, 5) is 4.24. The van der Waals surface area contributed by atoms with E-state index in [0.717, 1.165) is 17.5 Å². The lowest BCUT2D eigenvalue weighted by Crippen LogP contribution is -2.30. The average Bonchev–Trinajstić information content (AvgIpc) is 2.38. The molecular weight excluding hydrogens is 234 g/mol. The van der Waals surface area contributed by atoms with Crippen LogP contribution in [-0.4, -0.2) is 4.98 Å². The van der Waals surface area contributed by atoms with Crippen molar-refractivity contribution in [1.29, 1.82) is 0 Å². The molecule has 0 aliphatic rings. The van der Waals surface area contributed by atoms with E-state index in [1.807, 2.05) is 19.3 Å². The largest absolute Gasteiger partial charge is 0.271 e. The van der Waals surface area contributed by atoms with Gasteiger partial charge in [-0.15, -0.1) is 0 Å². The molecule has 3 N–H and O–H groups in total. The topological polar surface area (TPSA) is 50.9 Å². The van der Waals surface area contributed by atoms with E-state index >= 15 is 0 Å². The van der Waals surface area contributed by atoms with Gasteiger partial charge in [0.1, 0.15) is 0 Å². The predicted molar refractivity (Wildman–Crippen MR) is 78.7 cm³/mol. The Morgan fingerprint density at radius 3 is 2.42 bits per heavy atom. The van der Waals surface area contributed by atoms with Gasteiger partial charge < -0.3 is 0 Å².